The third-order valence-corrected chi connectivity index (χ3v) is 5.38. The van der Waals surface area contributed by atoms with E-state index in [4.69, 9.17) is 15.5 Å². The average molecular weight is 474 g/mol. The Morgan fingerprint density at radius 1 is 1.15 bits per heavy atom. The van der Waals surface area contributed by atoms with Gasteiger partial charge < -0.3 is 20.3 Å². The summed E-state index contributed by atoms with van der Waals surface area (Å²) in [7, 11) is 1.79. The zero-order valence-electron chi connectivity index (χ0n) is 15.6. The van der Waals surface area contributed by atoms with Gasteiger partial charge in [0.25, 0.3) is 0 Å². The van der Waals surface area contributed by atoms with E-state index in [1.54, 1.807) is 19.5 Å². The van der Waals surface area contributed by atoms with E-state index in [0.29, 0.717) is 5.96 Å². The van der Waals surface area contributed by atoms with Crippen LogP contribution in [0.15, 0.2) is 23.5 Å². The minimum absolute atomic E-state index is 0. The summed E-state index contributed by atoms with van der Waals surface area (Å²) in [5.74, 6) is 1.45. The first-order valence-corrected chi connectivity index (χ1v) is 9.28. The molecular weight excluding hydrogens is 443 g/mol. The molecule has 146 valence electrons. The molecule has 26 heavy (non-hydrogen) atoms. The molecule has 1 saturated heterocycles. The number of rotatable bonds is 5. The highest BCUT2D eigenvalue weighted by Crippen LogP contribution is 2.36. The number of halogens is 1. The summed E-state index contributed by atoms with van der Waals surface area (Å²) in [4.78, 5) is 17.8. The SMILES string of the molecule is COCC1(CN=C(N)N2CCN(c3ncccn3)CC2)CCCCC1.I. The lowest BCUT2D eigenvalue weighted by atomic mass is 9.75. The van der Waals surface area contributed by atoms with Crippen molar-refractivity contribution in [2.45, 2.75) is 32.1 Å². The Bertz CT molecular complexity index is 551. The maximum Gasteiger partial charge on any atom is 0.225 e. The molecule has 2 heterocycles. The summed E-state index contributed by atoms with van der Waals surface area (Å²) in [5, 5.41) is 0. The van der Waals surface area contributed by atoms with Crippen LogP contribution in [0.4, 0.5) is 5.95 Å². The highest BCUT2D eigenvalue weighted by atomic mass is 127. The van der Waals surface area contributed by atoms with Crippen LogP contribution >= 0.6 is 24.0 Å². The topological polar surface area (TPSA) is 79.9 Å². The van der Waals surface area contributed by atoms with Crippen LogP contribution in [0, 0.1) is 5.41 Å². The number of ether oxygens (including phenoxy) is 1. The molecule has 2 fully saturated rings. The third kappa shape index (κ3) is 5.42. The number of nitrogens with zero attached hydrogens (tertiary/aromatic N) is 5. The molecule has 0 radical (unpaired) electrons. The van der Waals surface area contributed by atoms with Gasteiger partial charge in [0.2, 0.25) is 5.95 Å². The van der Waals surface area contributed by atoms with Crippen molar-refractivity contribution < 1.29 is 4.74 Å². The molecule has 0 bridgehead atoms. The van der Waals surface area contributed by atoms with Crippen LogP contribution in [0.1, 0.15) is 32.1 Å². The molecule has 1 aromatic rings. The summed E-state index contributed by atoms with van der Waals surface area (Å²) in [5.41, 5.74) is 6.47. The van der Waals surface area contributed by atoms with Gasteiger partial charge in [0, 0.05) is 51.1 Å². The van der Waals surface area contributed by atoms with Gasteiger partial charge in [-0.3, -0.25) is 4.99 Å². The summed E-state index contributed by atoms with van der Waals surface area (Å²) < 4.78 is 5.48. The highest BCUT2D eigenvalue weighted by Gasteiger charge is 2.32. The fraction of sp³-hybridized carbons (Fsp3) is 0.722. The summed E-state index contributed by atoms with van der Waals surface area (Å²) in [6.45, 7) is 4.99. The number of aliphatic imine (C=N–C) groups is 1. The van der Waals surface area contributed by atoms with E-state index in [0.717, 1.165) is 45.3 Å². The van der Waals surface area contributed by atoms with Crippen LogP contribution in [0.3, 0.4) is 0 Å². The molecule has 8 heteroatoms. The van der Waals surface area contributed by atoms with Gasteiger partial charge in [-0.25, -0.2) is 9.97 Å². The number of hydrogen-bond acceptors (Lipinski definition) is 5. The van der Waals surface area contributed by atoms with Gasteiger partial charge in [0.05, 0.1) is 13.2 Å². The second kappa shape index (κ2) is 10.2. The van der Waals surface area contributed by atoms with Crippen molar-refractivity contribution >= 4 is 35.9 Å². The zero-order chi connectivity index (χ0) is 17.5. The lowest BCUT2D eigenvalue weighted by Gasteiger charge is -2.37. The Hall–Kier alpha value is -1.16. The normalized spacial score (nSPS) is 20.6. The minimum atomic E-state index is 0. The Morgan fingerprint density at radius 3 is 2.42 bits per heavy atom. The Kier molecular flexibility index (Phi) is 8.33. The molecule has 2 aliphatic rings. The van der Waals surface area contributed by atoms with Crippen LogP contribution in [0.5, 0.6) is 0 Å². The first-order chi connectivity index (χ1) is 12.2. The molecular formula is C18H31IN6O. The van der Waals surface area contributed by atoms with Crippen molar-refractivity contribution in [1.82, 2.24) is 14.9 Å². The molecule has 0 spiro atoms. The van der Waals surface area contributed by atoms with E-state index in [2.05, 4.69) is 19.8 Å². The predicted molar refractivity (Wildman–Crippen MR) is 115 cm³/mol. The van der Waals surface area contributed by atoms with E-state index in [1.165, 1.54) is 32.1 Å². The van der Waals surface area contributed by atoms with Crippen molar-refractivity contribution in [2.75, 3.05) is 51.3 Å². The molecule has 3 rings (SSSR count). The maximum atomic E-state index is 6.29. The van der Waals surface area contributed by atoms with E-state index >= 15 is 0 Å². The van der Waals surface area contributed by atoms with Crippen LogP contribution in [-0.4, -0.2) is 67.3 Å². The smallest absolute Gasteiger partial charge is 0.225 e. The molecule has 7 nitrogen and oxygen atoms in total. The van der Waals surface area contributed by atoms with Crippen molar-refractivity contribution in [2.24, 2.45) is 16.1 Å². The van der Waals surface area contributed by atoms with E-state index in [1.807, 2.05) is 6.07 Å². The van der Waals surface area contributed by atoms with Crippen LogP contribution in [-0.2, 0) is 4.74 Å². The number of aromatic nitrogens is 2. The average Bonchev–Trinajstić information content (AvgIpc) is 2.68. The van der Waals surface area contributed by atoms with Crippen molar-refractivity contribution in [3.05, 3.63) is 18.5 Å². The minimum Gasteiger partial charge on any atom is -0.384 e. The second-order valence-corrected chi connectivity index (χ2v) is 7.19. The second-order valence-electron chi connectivity index (χ2n) is 7.19. The van der Waals surface area contributed by atoms with Crippen LogP contribution in [0.25, 0.3) is 0 Å². The van der Waals surface area contributed by atoms with E-state index in [9.17, 15) is 0 Å². The zero-order valence-corrected chi connectivity index (χ0v) is 18.0. The third-order valence-electron chi connectivity index (χ3n) is 5.38. The number of hydrogen-bond donors (Lipinski definition) is 1. The standard InChI is InChI=1S/C18H30N6O.HI/c1-25-15-18(6-3-2-4-7-18)14-22-16(19)23-10-12-24(13-11-23)17-20-8-5-9-21-17;/h5,8-9H,2-4,6-7,10-15H2,1H3,(H2,19,22);1H. The lowest BCUT2D eigenvalue weighted by molar-refractivity contribution is 0.0553. The molecule has 1 aromatic heterocycles. The predicted octanol–water partition coefficient (Wildman–Crippen LogP) is 2.13. The molecule has 2 N–H and O–H groups in total. The first kappa shape index (κ1) is 21.1. The molecule has 1 aliphatic carbocycles. The number of guanidine groups is 1. The van der Waals surface area contributed by atoms with E-state index < -0.39 is 0 Å². The molecule has 0 amide bonds. The van der Waals surface area contributed by atoms with Crippen LogP contribution in [0.2, 0.25) is 0 Å². The molecule has 0 unspecified atom stereocenters. The van der Waals surface area contributed by atoms with Gasteiger partial charge >= 0.3 is 0 Å². The van der Waals surface area contributed by atoms with Gasteiger partial charge in [-0.1, -0.05) is 19.3 Å². The molecule has 1 aliphatic heterocycles. The number of anilines is 1. The van der Waals surface area contributed by atoms with Crippen molar-refractivity contribution in [1.29, 1.82) is 0 Å². The highest BCUT2D eigenvalue weighted by molar-refractivity contribution is 14.0. The maximum absolute atomic E-state index is 6.29. The number of methoxy groups -OCH3 is 1. The van der Waals surface area contributed by atoms with Crippen LogP contribution < -0.4 is 10.6 Å². The Labute approximate surface area is 173 Å². The van der Waals surface area contributed by atoms with Gasteiger partial charge in [0.1, 0.15) is 0 Å². The summed E-state index contributed by atoms with van der Waals surface area (Å²) in [6.07, 6.45) is 9.82. The number of piperazine rings is 1. The van der Waals surface area contributed by atoms with Gasteiger partial charge in [-0.2, -0.15) is 0 Å². The van der Waals surface area contributed by atoms with Gasteiger partial charge in [-0.05, 0) is 18.9 Å². The fourth-order valence-corrected chi connectivity index (χ4v) is 3.89. The molecule has 0 atom stereocenters. The lowest BCUT2D eigenvalue weighted by Crippen LogP contribution is -2.52. The largest absolute Gasteiger partial charge is 0.384 e. The first-order valence-electron chi connectivity index (χ1n) is 9.28. The Morgan fingerprint density at radius 2 is 1.81 bits per heavy atom. The van der Waals surface area contributed by atoms with E-state index in [-0.39, 0.29) is 29.4 Å². The van der Waals surface area contributed by atoms with Gasteiger partial charge in [0.15, 0.2) is 5.96 Å². The molecule has 1 saturated carbocycles. The van der Waals surface area contributed by atoms with Crippen molar-refractivity contribution in [3.8, 4) is 0 Å². The number of nitrogens with two attached hydrogens (primary N) is 1. The van der Waals surface area contributed by atoms with Crippen molar-refractivity contribution in [3.63, 3.8) is 0 Å². The fourth-order valence-electron chi connectivity index (χ4n) is 3.89. The molecule has 0 aromatic carbocycles. The Balaban J connectivity index is 0.00000243. The monoisotopic (exact) mass is 474 g/mol. The van der Waals surface area contributed by atoms with Gasteiger partial charge in [-0.15, -0.1) is 24.0 Å². The summed E-state index contributed by atoms with van der Waals surface area (Å²) in [6, 6.07) is 1.84. The summed E-state index contributed by atoms with van der Waals surface area (Å²) >= 11 is 0. The quantitative estimate of drug-likeness (QED) is 0.400.